The van der Waals surface area contributed by atoms with Crippen LogP contribution in [0.3, 0.4) is 0 Å². The fourth-order valence-electron chi connectivity index (χ4n) is 1.83. The largest absolute Gasteiger partial charge is 0.463 e. The van der Waals surface area contributed by atoms with Gasteiger partial charge < -0.3 is 14.5 Å². The summed E-state index contributed by atoms with van der Waals surface area (Å²) < 4.78 is 23.0. The molecule has 1 heterocycles. The Labute approximate surface area is 116 Å². The van der Waals surface area contributed by atoms with Crippen molar-refractivity contribution < 1.29 is 18.3 Å². The summed E-state index contributed by atoms with van der Waals surface area (Å²) in [5.74, 6) is 0.0212. The van der Waals surface area contributed by atoms with Gasteiger partial charge in [0.1, 0.15) is 11.6 Å². The van der Waals surface area contributed by atoms with Crippen LogP contribution in [0.1, 0.15) is 34.8 Å². The van der Waals surface area contributed by atoms with Gasteiger partial charge in [0.25, 0.3) is 0 Å². The second-order valence-corrected chi connectivity index (χ2v) is 4.42. The molecule has 4 nitrogen and oxygen atoms in total. The molecule has 1 aromatic carbocycles. The van der Waals surface area contributed by atoms with Gasteiger partial charge in [0.05, 0.1) is 13.7 Å². The lowest BCUT2D eigenvalue weighted by Crippen LogP contribution is -2.17. The number of hydrogen-bond acceptors (Lipinski definition) is 4. The van der Waals surface area contributed by atoms with Crippen LogP contribution < -0.4 is 5.32 Å². The molecule has 0 aliphatic carbocycles. The van der Waals surface area contributed by atoms with Crippen molar-refractivity contribution in [2.75, 3.05) is 7.11 Å². The second kappa shape index (κ2) is 6.34. The van der Waals surface area contributed by atoms with E-state index in [1.54, 1.807) is 18.2 Å². The molecule has 0 unspecified atom stereocenters. The highest BCUT2D eigenvalue weighted by Gasteiger charge is 2.12. The van der Waals surface area contributed by atoms with Crippen LogP contribution in [0.5, 0.6) is 0 Å². The van der Waals surface area contributed by atoms with E-state index in [0.29, 0.717) is 12.3 Å². The van der Waals surface area contributed by atoms with Crippen molar-refractivity contribution in [2.45, 2.75) is 19.5 Å². The monoisotopic (exact) mass is 277 g/mol. The number of nitrogens with one attached hydrogen (secondary N) is 1. The summed E-state index contributed by atoms with van der Waals surface area (Å²) in [5.41, 5.74) is 0.852. The summed E-state index contributed by atoms with van der Waals surface area (Å²) in [5, 5.41) is 3.20. The molecule has 0 fully saturated rings. The van der Waals surface area contributed by atoms with Gasteiger partial charge in [0, 0.05) is 6.04 Å². The Kier molecular flexibility index (Phi) is 4.53. The topological polar surface area (TPSA) is 51.5 Å². The third-order valence-corrected chi connectivity index (χ3v) is 2.98. The highest BCUT2D eigenvalue weighted by Crippen LogP contribution is 2.15. The van der Waals surface area contributed by atoms with E-state index in [9.17, 15) is 9.18 Å². The number of halogens is 1. The van der Waals surface area contributed by atoms with Gasteiger partial charge in [-0.1, -0.05) is 12.1 Å². The van der Waals surface area contributed by atoms with E-state index in [2.05, 4.69) is 10.1 Å². The van der Waals surface area contributed by atoms with Crippen LogP contribution >= 0.6 is 0 Å². The fraction of sp³-hybridized carbons (Fsp3) is 0.267. The van der Waals surface area contributed by atoms with Gasteiger partial charge in [-0.2, -0.15) is 0 Å². The molecule has 0 bridgehead atoms. The maximum absolute atomic E-state index is 13.1. The van der Waals surface area contributed by atoms with Crippen molar-refractivity contribution in [1.82, 2.24) is 5.32 Å². The van der Waals surface area contributed by atoms with Gasteiger partial charge in [-0.05, 0) is 36.8 Å². The molecule has 0 amide bonds. The zero-order chi connectivity index (χ0) is 14.5. The van der Waals surface area contributed by atoms with Gasteiger partial charge in [0.15, 0.2) is 0 Å². The van der Waals surface area contributed by atoms with Crippen LogP contribution in [-0.4, -0.2) is 13.1 Å². The lowest BCUT2D eigenvalue weighted by atomic mass is 10.1. The quantitative estimate of drug-likeness (QED) is 0.853. The minimum atomic E-state index is -0.505. The number of benzene rings is 1. The molecule has 0 saturated heterocycles. The summed E-state index contributed by atoms with van der Waals surface area (Å²) in [4.78, 5) is 11.2. The first-order valence-corrected chi connectivity index (χ1v) is 6.26. The SMILES string of the molecule is COC(=O)c1ccc(CN[C@H](C)c2cccc(F)c2)o1. The Morgan fingerprint density at radius 2 is 2.20 bits per heavy atom. The molecule has 0 aliphatic rings. The van der Waals surface area contributed by atoms with E-state index in [1.165, 1.54) is 19.2 Å². The van der Waals surface area contributed by atoms with Crippen molar-refractivity contribution in [1.29, 1.82) is 0 Å². The van der Waals surface area contributed by atoms with E-state index in [0.717, 1.165) is 5.56 Å². The summed E-state index contributed by atoms with van der Waals surface area (Å²) in [6, 6.07) is 9.66. The van der Waals surface area contributed by atoms with Crippen molar-refractivity contribution >= 4 is 5.97 Å². The first-order chi connectivity index (χ1) is 9.60. The van der Waals surface area contributed by atoms with Gasteiger partial charge >= 0.3 is 5.97 Å². The minimum absolute atomic E-state index is 0.0302. The average molecular weight is 277 g/mol. The molecular formula is C15H16FNO3. The van der Waals surface area contributed by atoms with Gasteiger partial charge in [-0.15, -0.1) is 0 Å². The number of carbonyl (C=O) groups excluding carboxylic acids is 1. The zero-order valence-electron chi connectivity index (χ0n) is 11.4. The molecule has 0 radical (unpaired) electrons. The number of hydrogen-bond donors (Lipinski definition) is 1. The van der Waals surface area contributed by atoms with Gasteiger partial charge in [-0.3, -0.25) is 0 Å². The smallest absolute Gasteiger partial charge is 0.373 e. The Hall–Kier alpha value is -2.14. The molecular weight excluding hydrogens is 261 g/mol. The molecule has 0 aliphatic heterocycles. The van der Waals surface area contributed by atoms with Crippen LogP contribution in [-0.2, 0) is 11.3 Å². The number of methoxy groups -OCH3 is 1. The standard InChI is InChI=1S/C15H16FNO3/c1-10(11-4-3-5-12(16)8-11)17-9-13-6-7-14(20-13)15(18)19-2/h3-8,10,17H,9H2,1-2H3/t10-/m1/s1. The number of carbonyl (C=O) groups is 1. The molecule has 0 saturated carbocycles. The van der Waals surface area contributed by atoms with Gasteiger partial charge in [-0.25, -0.2) is 9.18 Å². The van der Waals surface area contributed by atoms with E-state index in [4.69, 9.17) is 4.42 Å². The maximum Gasteiger partial charge on any atom is 0.373 e. The van der Waals surface area contributed by atoms with Crippen molar-refractivity contribution in [3.63, 3.8) is 0 Å². The predicted molar refractivity (Wildman–Crippen MR) is 71.7 cm³/mol. The lowest BCUT2D eigenvalue weighted by molar-refractivity contribution is 0.0563. The van der Waals surface area contributed by atoms with Crippen molar-refractivity contribution in [3.8, 4) is 0 Å². The number of ether oxygens (including phenoxy) is 1. The number of rotatable bonds is 5. The zero-order valence-corrected chi connectivity index (χ0v) is 11.4. The Morgan fingerprint density at radius 1 is 1.40 bits per heavy atom. The lowest BCUT2D eigenvalue weighted by Gasteiger charge is -2.13. The average Bonchev–Trinajstić information content (AvgIpc) is 2.92. The van der Waals surface area contributed by atoms with Crippen molar-refractivity contribution in [2.24, 2.45) is 0 Å². The van der Waals surface area contributed by atoms with E-state index >= 15 is 0 Å². The van der Waals surface area contributed by atoms with Crippen LogP contribution in [0, 0.1) is 5.82 Å². The third kappa shape index (κ3) is 3.45. The Morgan fingerprint density at radius 3 is 2.90 bits per heavy atom. The van der Waals surface area contributed by atoms with Crippen LogP contribution in [0.15, 0.2) is 40.8 Å². The molecule has 1 N–H and O–H groups in total. The molecule has 1 aromatic heterocycles. The fourth-order valence-corrected chi connectivity index (χ4v) is 1.83. The first-order valence-electron chi connectivity index (χ1n) is 6.26. The highest BCUT2D eigenvalue weighted by atomic mass is 19.1. The summed E-state index contributed by atoms with van der Waals surface area (Å²) >= 11 is 0. The first kappa shape index (κ1) is 14.3. The molecule has 2 aromatic rings. The predicted octanol–water partition coefficient (Wildman–Crippen LogP) is 3.06. The van der Waals surface area contributed by atoms with Crippen LogP contribution in [0.4, 0.5) is 4.39 Å². The highest BCUT2D eigenvalue weighted by molar-refractivity contribution is 5.86. The van der Waals surface area contributed by atoms with E-state index < -0.39 is 5.97 Å². The molecule has 0 spiro atoms. The van der Waals surface area contributed by atoms with E-state index in [-0.39, 0.29) is 17.6 Å². The molecule has 5 heteroatoms. The molecule has 1 atom stereocenters. The molecule has 2 rings (SSSR count). The van der Waals surface area contributed by atoms with Crippen LogP contribution in [0.2, 0.25) is 0 Å². The Balaban J connectivity index is 1.95. The maximum atomic E-state index is 13.1. The van der Waals surface area contributed by atoms with Gasteiger partial charge in [0.2, 0.25) is 5.76 Å². The second-order valence-electron chi connectivity index (χ2n) is 4.42. The van der Waals surface area contributed by atoms with Crippen LogP contribution in [0.25, 0.3) is 0 Å². The Bertz CT molecular complexity index is 594. The minimum Gasteiger partial charge on any atom is -0.463 e. The number of furan rings is 1. The summed E-state index contributed by atoms with van der Waals surface area (Å²) in [6.45, 7) is 2.37. The summed E-state index contributed by atoms with van der Waals surface area (Å²) in [6.07, 6.45) is 0. The number of esters is 1. The molecule has 20 heavy (non-hydrogen) atoms. The van der Waals surface area contributed by atoms with Crippen molar-refractivity contribution in [3.05, 3.63) is 59.3 Å². The van der Waals surface area contributed by atoms with E-state index in [1.807, 2.05) is 13.0 Å². The molecule has 106 valence electrons. The normalized spacial score (nSPS) is 12.2. The third-order valence-electron chi connectivity index (χ3n) is 2.98. The summed E-state index contributed by atoms with van der Waals surface area (Å²) in [7, 11) is 1.30.